The molecule has 0 spiro atoms. The normalized spacial score (nSPS) is 15.6. The summed E-state index contributed by atoms with van der Waals surface area (Å²) in [5.74, 6) is 1.19. The van der Waals surface area contributed by atoms with E-state index >= 15 is 0 Å². The highest BCUT2D eigenvalue weighted by Gasteiger charge is 2.20. The number of rotatable bonds is 5. The van der Waals surface area contributed by atoms with Crippen LogP contribution in [0, 0.1) is 0 Å². The van der Waals surface area contributed by atoms with Crippen LogP contribution in [0.15, 0.2) is 58.4 Å². The Morgan fingerprint density at radius 1 is 1.12 bits per heavy atom. The van der Waals surface area contributed by atoms with Gasteiger partial charge in [0.05, 0.1) is 4.91 Å². The molecule has 0 saturated heterocycles. The molecule has 1 aliphatic heterocycles. The van der Waals surface area contributed by atoms with E-state index in [4.69, 9.17) is 4.74 Å². The maximum atomic E-state index is 11.8. The third kappa shape index (κ3) is 4.80. The van der Waals surface area contributed by atoms with E-state index in [-0.39, 0.29) is 5.91 Å². The molecule has 0 aromatic heterocycles. The highest BCUT2D eigenvalue weighted by atomic mass is 32.2. The van der Waals surface area contributed by atoms with Crippen molar-refractivity contribution >= 4 is 39.9 Å². The average molecular weight is 384 g/mol. The zero-order valence-electron chi connectivity index (χ0n) is 15.1. The summed E-state index contributed by atoms with van der Waals surface area (Å²) in [5, 5.41) is 0. The summed E-state index contributed by atoms with van der Waals surface area (Å²) in [6.45, 7) is 4.92. The lowest BCUT2D eigenvalue weighted by atomic mass is 10.0. The van der Waals surface area contributed by atoms with Gasteiger partial charge in [0.25, 0.3) is 5.91 Å². The summed E-state index contributed by atoms with van der Waals surface area (Å²) in [7, 11) is 0. The first-order valence-corrected chi connectivity index (χ1v) is 10.5. The Balaban J connectivity index is 1.59. The molecule has 0 saturated carbocycles. The van der Waals surface area contributed by atoms with Crippen molar-refractivity contribution in [1.29, 1.82) is 0 Å². The topological polar surface area (TPSA) is 38.7 Å². The van der Waals surface area contributed by atoms with E-state index in [1.807, 2.05) is 36.6 Å². The Labute approximate surface area is 162 Å². The molecular formula is C21H21NO2S2. The minimum absolute atomic E-state index is 0.162. The standard InChI is InChI=1S/C21H21NO2S2/c1-14(2)17-8-4-16(5-9-17)13-24-18-10-6-15(7-11-18)12-19-20(23)22-21(25-3)26-19/h4-12,14H,13H2,1-3H3. The number of ether oxygens (including phenoxy) is 1. The predicted octanol–water partition coefficient (Wildman–Crippen LogP) is 5.72. The number of nitrogens with zero attached hydrogens (tertiary/aromatic N) is 1. The quantitative estimate of drug-likeness (QED) is 0.619. The summed E-state index contributed by atoms with van der Waals surface area (Å²) in [5.41, 5.74) is 3.45. The Bertz CT molecular complexity index is 837. The molecule has 134 valence electrons. The van der Waals surface area contributed by atoms with Crippen LogP contribution in [-0.4, -0.2) is 16.5 Å². The summed E-state index contributed by atoms with van der Waals surface area (Å²) in [6.07, 6.45) is 3.79. The van der Waals surface area contributed by atoms with Gasteiger partial charge in [0, 0.05) is 0 Å². The first-order valence-electron chi connectivity index (χ1n) is 8.43. The van der Waals surface area contributed by atoms with Gasteiger partial charge in [0.1, 0.15) is 16.7 Å². The lowest BCUT2D eigenvalue weighted by Gasteiger charge is -2.09. The van der Waals surface area contributed by atoms with Crippen LogP contribution in [0.4, 0.5) is 0 Å². The van der Waals surface area contributed by atoms with Gasteiger partial charge >= 0.3 is 0 Å². The maximum Gasteiger partial charge on any atom is 0.285 e. The van der Waals surface area contributed by atoms with Gasteiger partial charge in [-0.2, -0.15) is 4.99 Å². The van der Waals surface area contributed by atoms with E-state index in [1.54, 1.807) is 0 Å². The molecule has 0 bridgehead atoms. The Kier molecular flexibility index (Phi) is 6.22. The van der Waals surface area contributed by atoms with Crippen molar-refractivity contribution in [2.45, 2.75) is 26.4 Å². The monoisotopic (exact) mass is 383 g/mol. The van der Waals surface area contributed by atoms with E-state index in [0.717, 1.165) is 21.3 Å². The van der Waals surface area contributed by atoms with E-state index in [1.165, 1.54) is 29.1 Å². The van der Waals surface area contributed by atoms with Crippen molar-refractivity contribution in [3.63, 3.8) is 0 Å². The van der Waals surface area contributed by atoms with Gasteiger partial charge in [-0.1, -0.05) is 62.0 Å². The molecule has 3 rings (SSSR count). The van der Waals surface area contributed by atoms with Crippen LogP contribution >= 0.6 is 23.5 Å². The number of hydrogen-bond donors (Lipinski definition) is 0. The zero-order valence-corrected chi connectivity index (χ0v) is 16.7. The van der Waals surface area contributed by atoms with Crippen LogP contribution in [0.1, 0.15) is 36.5 Å². The highest BCUT2D eigenvalue weighted by Crippen LogP contribution is 2.32. The van der Waals surface area contributed by atoms with Crippen LogP contribution in [0.5, 0.6) is 5.75 Å². The van der Waals surface area contributed by atoms with Crippen molar-refractivity contribution in [3.8, 4) is 5.75 Å². The molecule has 1 aliphatic rings. The van der Waals surface area contributed by atoms with Crippen molar-refractivity contribution in [3.05, 3.63) is 70.1 Å². The van der Waals surface area contributed by atoms with Gasteiger partial charge in [-0.05, 0) is 47.1 Å². The van der Waals surface area contributed by atoms with Crippen molar-refractivity contribution in [2.24, 2.45) is 4.99 Å². The summed E-state index contributed by atoms with van der Waals surface area (Å²) in [6, 6.07) is 16.3. The van der Waals surface area contributed by atoms with Gasteiger partial charge < -0.3 is 4.74 Å². The second kappa shape index (κ2) is 8.60. The fourth-order valence-electron chi connectivity index (χ4n) is 2.45. The lowest BCUT2D eigenvalue weighted by molar-refractivity contribution is -0.113. The van der Waals surface area contributed by atoms with Crippen molar-refractivity contribution in [1.82, 2.24) is 0 Å². The largest absolute Gasteiger partial charge is 0.489 e. The second-order valence-electron chi connectivity index (χ2n) is 6.25. The Morgan fingerprint density at radius 2 is 1.81 bits per heavy atom. The molecule has 0 radical (unpaired) electrons. The number of carbonyl (C=O) groups is 1. The van der Waals surface area contributed by atoms with Gasteiger partial charge in [0.2, 0.25) is 0 Å². The van der Waals surface area contributed by atoms with Gasteiger partial charge in [-0.3, -0.25) is 4.79 Å². The minimum Gasteiger partial charge on any atom is -0.489 e. The summed E-state index contributed by atoms with van der Waals surface area (Å²) >= 11 is 2.91. The van der Waals surface area contributed by atoms with Gasteiger partial charge in [0.15, 0.2) is 0 Å². The third-order valence-electron chi connectivity index (χ3n) is 4.01. The number of thioether (sulfide) groups is 2. The molecule has 1 heterocycles. The number of aliphatic imine (C=N–C) groups is 1. The van der Waals surface area contributed by atoms with Crippen LogP contribution in [0.2, 0.25) is 0 Å². The van der Waals surface area contributed by atoms with Crippen LogP contribution in [-0.2, 0) is 11.4 Å². The Hall–Kier alpha value is -1.98. The maximum absolute atomic E-state index is 11.8. The number of benzene rings is 2. The fourth-order valence-corrected chi connectivity index (χ4v) is 3.88. The summed E-state index contributed by atoms with van der Waals surface area (Å²) in [4.78, 5) is 16.5. The molecule has 0 fully saturated rings. The second-order valence-corrected chi connectivity index (χ2v) is 8.34. The van der Waals surface area contributed by atoms with E-state index in [0.29, 0.717) is 17.4 Å². The van der Waals surface area contributed by atoms with E-state index < -0.39 is 0 Å². The SMILES string of the molecule is CSC1=NC(=O)C(=Cc2ccc(OCc3ccc(C(C)C)cc3)cc2)S1. The van der Waals surface area contributed by atoms with E-state index in [9.17, 15) is 4.79 Å². The molecule has 2 aromatic rings. The first kappa shape index (κ1) is 18.8. The number of amides is 1. The van der Waals surface area contributed by atoms with Gasteiger partial charge in [-0.15, -0.1) is 11.8 Å². The van der Waals surface area contributed by atoms with Crippen molar-refractivity contribution < 1.29 is 9.53 Å². The summed E-state index contributed by atoms with van der Waals surface area (Å²) < 4.78 is 6.65. The van der Waals surface area contributed by atoms with E-state index in [2.05, 4.69) is 43.1 Å². The molecule has 0 N–H and O–H groups in total. The van der Waals surface area contributed by atoms with Gasteiger partial charge in [-0.25, -0.2) is 0 Å². The Morgan fingerprint density at radius 3 is 2.38 bits per heavy atom. The first-order chi connectivity index (χ1) is 12.5. The average Bonchev–Trinajstić information content (AvgIpc) is 3.01. The molecule has 2 aromatic carbocycles. The molecular weight excluding hydrogens is 362 g/mol. The predicted molar refractivity (Wildman–Crippen MR) is 113 cm³/mol. The smallest absolute Gasteiger partial charge is 0.285 e. The lowest BCUT2D eigenvalue weighted by Crippen LogP contribution is -1.96. The molecule has 26 heavy (non-hydrogen) atoms. The third-order valence-corrected chi connectivity index (χ3v) is 5.97. The zero-order chi connectivity index (χ0) is 18.5. The number of hydrogen-bond acceptors (Lipinski definition) is 4. The minimum atomic E-state index is -0.162. The van der Waals surface area contributed by atoms with Crippen LogP contribution < -0.4 is 4.74 Å². The molecule has 5 heteroatoms. The molecule has 0 aliphatic carbocycles. The van der Waals surface area contributed by atoms with Crippen LogP contribution in [0.25, 0.3) is 6.08 Å². The van der Waals surface area contributed by atoms with Crippen molar-refractivity contribution in [2.75, 3.05) is 6.26 Å². The molecule has 3 nitrogen and oxygen atoms in total. The molecule has 0 unspecified atom stereocenters. The van der Waals surface area contributed by atoms with Crippen LogP contribution in [0.3, 0.4) is 0 Å². The number of carbonyl (C=O) groups excluding carboxylic acids is 1. The molecule has 1 amide bonds. The highest BCUT2D eigenvalue weighted by molar-refractivity contribution is 8.40. The fraction of sp³-hybridized carbons (Fsp3) is 0.238. The molecule has 0 atom stereocenters.